The maximum Gasteiger partial charge on any atom is 0.262 e. The lowest BCUT2D eigenvalue weighted by molar-refractivity contribution is 0.0974. The van der Waals surface area contributed by atoms with Gasteiger partial charge < -0.3 is 10.4 Å². The summed E-state index contributed by atoms with van der Waals surface area (Å²) in [7, 11) is 0. The lowest BCUT2D eigenvalue weighted by Crippen LogP contribution is -2.38. The van der Waals surface area contributed by atoms with Crippen molar-refractivity contribution in [3.8, 4) is 29.0 Å². The summed E-state index contributed by atoms with van der Waals surface area (Å²) in [6.07, 6.45) is 0. The molecule has 8 heteroatoms. The summed E-state index contributed by atoms with van der Waals surface area (Å²) in [6, 6.07) is 11.3. The zero-order valence-corrected chi connectivity index (χ0v) is 14.1. The van der Waals surface area contributed by atoms with Crippen LogP contribution < -0.4 is 10.6 Å². The second kappa shape index (κ2) is 7.14. The minimum Gasteiger partial charge on any atom is -0.507 e. The largest absolute Gasteiger partial charge is 0.507 e. The molecule has 2 aromatic rings. The van der Waals surface area contributed by atoms with Crippen molar-refractivity contribution < 1.29 is 9.90 Å². The fourth-order valence-electron chi connectivity index (χ4n) is 2.69. The summed E-state index contributed by atoms with van der Waals surface area (Å²) < 4.78 is 0. The molecule has 0 fully saturated rings. The summed E-state index contributed by atoms with van der Waals surface area (Å²) in [6.45, 7) is 1.12. The molecule has 0 saturated heterocycles. The average molecular weight is 366 g/mol. The van der Waals surface area contributed by atoms with Crippen LogP contribution in [0.4, 0.5) is 0 Å². The number of phenols is 1. The number of guanidine groups is 1. The molecule has 0 radical (unpaired) electrons. The molecule has 0 saturated carbocycles. The van der Waals surface area contributed by atoms with Crippen LogP contribution in [0.1, 0.15) is 21.5 Å². The number of halogens is 1. The highest BCUT2D eigenvalue weighted by molar-refractivity contribution is 6.32. The van der Waals surface area contributed by atoms with Gasteiger partial charge >= 0.3 is 0 Å². The van der Waals surface area contributed by atoms with Gasteiger partial charge in [0, 0.05) is 17.7 Å². The van der Waals surface area contributed by atoms with Crippen molar-refractivity contribution in [3.63, 3.8) is 0 Å². The second-order valence-electron chi connectivity index (χ2n) is 5.38. The molecule has 0 aliphatic carbocycles. The highest BCUT2D eigenvalue weighted by Crippen LogP contribution is 2.37. The Morgan fingerprint density at radius 3 is 2.73 bits per heavy atom. The first-order valence-corrected chi connectivity index (χ1v) is 7.99. The highest BCUT2D eigenvalue weighted by Gasteiger charge is 2.25. The SMILES string of the molecule is N#Cc1ccc(O)c(C(=O)NC2=NCCN2)c1-c1cccc(Cl)c1C#N. The maximum absolute atomic E-state index is 12.8. The van der Waals surface area contributed by atoms with Gasteiger partial charge in [0.1, 0.15) is 11.8 Å². The Morgan fingerprint density at radius 2 is 2.08 bits per heavy atom. The van der Waals surface area contributed by atoms with Crippen molar-refractivity contribution in [2.45, 2.75) is 0 Å². The molecule has 1 heterocycles. The molecule has 2 aromatic carbocycles. The Hall–Kier alpha value is -3.55. The van der Waals surface area contributed by atoms with Gasteiger partial charge in [-0.25, -0.2) is 0 Å². The van der Waals surface area contributed by atoms with E-state index >= 15 is 0 Å². The summed E-state index contributed by atoms with van der Waals surface area (Å²) >= 11 is 6.09. The van der Waals surface area contributed by atoms with Crippen molar-refractivity contribution in [1.29, 1.82) is 10.5 Å². The number of aromatic hydroxyl groups is 1. The first-order valence-electron chi connectivity index (χ1n) is 7.61. The van der Waals surface area contributed by atoms with E-state index in [1.165, 1.54) is 18.2 Å². The third-order valence-corrected chi connectivity index (χ3v) is 4.15. The van der Waals surface area contributed by atoms with Gasteiger partial charge in [-0.2, -0.15) is 10.5 Å². The molecular formula is C18H12ClN5O2. The Morgan fingerprint density at radius 1 is 1.27 bits per heavy atom. The minimum absolute atomic E-state index is 0.113. The number of nitrogens with zero attached hydrogens (tertiary/aromatic N) is 3. The lowest BCUT2D eigenvalue weighted by Gasteiger charge is -2.15. The van der Waals surface area contributed by atoms with E-state index < -0.39 is 5.91 Å². The van der Waals surface area contributed by atoms with E-state index in [1.807, 2.05) is 12.1 Å². The number of hydrogen-bond donors (Lipinski definition) is 3. The van der Waals surface area contributed by atoms with Gasteiger partial charge in [-0.1, -0.05) is 23.7 Å². The first-order chi connectivity index (χ1) is 12.6. The summed E-state index contributed by atoms with van der Waals surface area (Å²) in [5.74, 6) is -0.681. The van der Waals surface area contributed by atoms with Crippen molar-refractivity contribution in [2.75, 3.05) is 13.1 Å². The number of phenolic OH excluding ortho intramolecular Hbond substituents is 1. The fraction of sp³-hybridized carbons (Fsp3) is 0.111. The van der Waals surface area contributed by atoms with Gasteiger partial charge in [-0.3, -0.25) is 15.1 Å². The topological polar surface area (TPSA) is 121 Å². The van der Waals surface area contributed by atoms with Gasteiger partial charge in [0.15, 0.2) is 5.96 Å². The van der Waals surface area contributed by atoms with Crippen LogP contribution in [0.25, 0.3) is 11.1 Å². The summed E-state index contributed by atoms with van der Waals surface area (Å²) in [5, 5.41) is 34.9. The van der Waals surface area contributed by atoms with Crippen molar-refractivity contribution in [2.24, 2.45) is 4.99 Å². The van der Waals surface area contributed by atoms with Crippen LogP contribution >= 0.6 is 11.6 Å². The van der Waals surface area contributed by atoms with Crippen LogP contribution in [-0.2, 0) is 0 Å². The Labute approximate surface area is 154 Å². The van der Waals surface area contributed by atoms with Gasteiger partial charge in [-0.15, -0.1) is 0 Å². The number of carbonyl (C=O) groups is 1. The molecule has 3 rings (SSSR count). The van der Waals surface area contributed by atoms with Crippen LogP contribution in [0.2, 0.25) is 5.02 Å². The molecule has 0 aromatic heterocycles. The molecule has 128 valence electrons. The molecule has 1 aliphatic heterocycles. The predicted molar refractivity (Wildman–Crippen MR) is 95.8 cm³/mol. The number of amides is 1. The monoisotopic (exact) mass is 365 g/mol. The zero-order chi connectivity index (χ0) is 18.7. The van der Waals surface area contributed by atoms with E-state index in [2.05, 4.69) is 15.6 Å². The van der Waals surface area contributed by atoms with Crippen LogP contribution in [0.15, 0.2) is 35.3 Å². The molecule has 1 aliphatic rings. The average Bonchev–Trinajstić information content (AvgIpc) is 3.14. The van der Waals surface area contributed by atoms with Crippen LogP contribution in [-0.4, -0.2) is 30.1 Å². The van der Waals surface area contributed by atoms with E-state index in [0.29, 0.717) is 18.7 Å². The third kappa shape index (κ3) is 3.04. The first kappa shape index (κ1) is 17.3. The van der Waals surface area contributed by atoms with E-state index in [9.17, 15) is 20.4 Å². The van der Waals surface area contributed by atoms with E-state index in [1.54, 1.807) is 12.1 Å². The number of nitriles is 2. The van der Waals surface area contributed by atoms with E-state index in [0.717, 1.165) is 0 Å². The van der Waals surface area contributed by atoms with E-state index in [-0.39, 0.29) is 39.0 Å². The zero-order valence-electron chi connectivity index (χ0n) is 13.4. The third-order valence-electron chi connectivity index (χ3n) is 3.83. The van der Waals surface area contributed by atoms with Crippen molar-refractivity contribution in [3.05, 3.63) is 52.0 Å². The van der Waals surface area contributed by atoms with Gasteiger partial charge in [0.25, 0.3) is 5.91 Å². The highest BCUT2D eigenvalue weighted by atomic mass is 35.5. The lowest BCUT2D eigenvalue weighted by atomic mass is 9.90. The van der Waals surface area contributed by atoms with Crippen LogP contribution in [0.5, 0.6) is 5.75 Å². The number of hydrogen-bond acceptors (Lipinski definition) is 6. The Balaban J connectivity index is 2.23. The number of carbonyl (C=O) groups excluding carboxylic acids is 1. The van der Waals surface area contributed by atoms with Gasteiger partial charge in [-0.05, 0) is 18.2 Å². The van der Waals surface area contributed by atoms with E-state index in [4.69, 9.17) is 11.6 Å². The normalized spacial score (nSPS) is 12.5. The predicted octanol–water partition coefficient (Wildman–Crippen LogP) is 2.14. The van der Waals surface area contributed by atoms with Crippen LogP contribution in [0.3, 0.4) is 0 Å². The minimum atomic E-state index is -0.647. The Kier molecular flexibility index (Phi) is 4.74. The number of nitrogens with one attached hydrogen (secondary N) is 2. The molecule has 3 N–H and O–H groups in total. The Bertz CT molecular complexity index is 1020. The summed E-state index contributed by atoms with van der Waals surface area (Å²) in [4.78, 5) is 16.8. The fourth-order valence-corrected chi connectivity index (χ4v) is 2.91. The number of benzene rings is 2. The standard InChI is InChI=1S/C18H12ClN5O2/c19-13-3-1-2-11(12(13)9-21)15-10(8-20)4-5-14(25)16(15)17(26)24-18-22-6-7-23-18/h1-5,25H,6-7H2,(H2,22,23,24,26). The number of rotatable bonds is 2. The summed E-state index contributed by atoms with van der Waals surface area (Å²) in [5.41, 5.74) is 0.551. The molecule has 26 heavy (non-hydrogen) atoms. The molecule has 0 unspecified atom stereocenters. The van der Waals surface area contributed by atoms with Crippen LogP contribution in [0, 0.1) is 22.7 Å². The molecule has 7 nitrogen and oxygen atoms in total. The molecule has 0 spiro atoms. The van der Waals surface area contributed by atoms with Crippen molar-refractivity contribution in [1.82, 2.24) is 10.6 Å². The van der Waals surface area contributed by atoms with Crippen molar-refractivity contribution >= 4 is 23.5 Å². The smallest absolute Gasteiger partial charge is 0.262 e. The molecular weight excluding hydrogens is 354 g/mol. The molecule has 0 atom stereocenters. The molecule has 0 bridgehead atoms. The second-order valence-corrected chi connectivity index (χ2v) is 5.79. The van der Waals surface area contributed by atoms with Gasteiger partial charge in [0.05, 0.1) is 34.3 Å². The molecule has 1 amide bonds. The van der Waals surface area contributed by atoms with Gasteiger partial charge in [0.2, 0.25) is 0 Å². The maximum atomic E-state index is 12.8. The quantitative estimate of drug-likeness (QED) is 0.752. The number of aliphatic imine (C=N–C) groups is 1.